The lowest BCUT2D eigenvalue weighted by Gasteiger charge is -2.34. The first kappa shape index (κ1) is 17.8. The molecule has 0 aromatic heterocycles. The summed E-state index contributed by atoms with van der Waals surface area (Å²) in [6.45, 7) is 9.49. The van der Waals surface area contributed by atoms with Gasteiger partial charge in [-0.15, -0.1) is 0 Å². The molecule has 0 radical (unpaired) electrons. The van der Waals surface area contributed by atoms with Crippen LogP contribution in [0.4, 0.5) is 4.79 Å². The van der Waals surface area contributed by atoms with Crippen molar-refractivity contribution in [3.63, 3.8) is 0 Å². The second-order valence-electron chi connectivity index (χ2n) is 7.95. The molecule has 1 saturated heterocycles. The fourth-order valence-corrected chi connectivity index (χ4v) is 3.76. The molecule has 2 aromatic carbocycles. The molecule has 3 heteroatoms. The van der Waals surface area contributed by atoms with Crippen LogP contribution in [-0.4, -0.2) is 29.7 Å². The van der Waals surface area contributed by atoms with E-state index in [2.05, 4.69) is 43.3 Å². The Morgan fingerprint density at radius 1 is 1.08 bits per heavy atom. The molecule has 1 aliphatic heterocycles. The molecule has 3 rings (SSSR count). The minimum Gasteiger partial charge on any atom is -0.444 e. The van der Waals surface area contributed by atoms with Gasteiger partial charge in [0.15, 0.2) is 0 Å². The zero-order valence-corrected chi connectivity index (χ0v) is 15.8. The summed E-state index contributed by atoms with van der Waals surface area (Å²) in [5, 5.41) is 2.75. The normalized spacial score (nSPS) is 16.2. The number of hydrogen-bond acceptors (Lipinski definition) is 2. The third-order valence-electron chi connectivity index (χ3n) is 5.01. The van der Waals surface area contributed by atoms with Gasteiger partial charge in [0, 0.05) is 13.1 Å². The van der Waals surface area contributed by atoms with Crippen LogP contribution in [-0.2, 0) is 11.2 Å². The van der Waals surface area contributed by atoms with E-state index < -0.39 is 5.60 Å². The molecule has 2 aromatic rings. The van der Waals surface area contributed by atoms with Gasteiger partial charge < -0.3 is 9.64 Å². The molecular weight excluding hydrogens is 310 g/mol. The average Bonchev–Trinajstić information content (AvgIpc) is 2.59. The van der Waals surface area contributed by atoms with Crippen molar-refractivity contribution in [1.82, 2.24) is 4.90 Å². The Bertz CT molecular complexity index is 752. The van der Waals surface area contributed by atoms with E-state index in [0.29, 0.717) is 5.92 Å². The first-order chi connectivity index (χ1) is 11.9. The van der Waals surface area contributed by atoms with Crippen LogP contribution in [0.5, 0.6) is 0 Å². The molecule has 25 heavy (non-hydrogen) atoms. The number of carbonyl (C=O) groups excluding carboxylic acids is 1. The third kappa shape index (κ3) is 3.97. The van der Waals surface area contributed by atoms with Crippen molar-refractivity contribution in [2.75, 3.05) is 13.1 Å². The van der Waals surface area contributed by atoms with Crippen molar-refractivity contribution >= 4 is 16.9 Å². The van der Waals surface area contributed by atoms with Crippen molar-refractivity contribution in [2.24, 2.45) is 0 Å². The number of aryl methyl sites for hydroxylation is 1. The number of likely N-dealkylation sites (tertiary alicyclic amines) is 1. The van der Waals surface area contributed by atoms with E-state index in [-0.39, 0.29) is 6.09 Å². The number of ether oxygens (including phenoxy) is 1. The predicted octanol–water partition coefficient (Wildman–Crippen LogP) is 5.52. The zero-order valence-electron chi connectivity index (χ0n) is 15.8. The highest BCUT2D eigenvalue weighted by Crippen LogP contribution is 2.34. The summed E-state index contributed by atoms with van der Waals surface area (Å²) >= 11 is 0. The topological polar surface area (TPSA) is 29.5 Å². The van der Waals surface area contributed by atoms with Gasteiger partial charge in [0.25, 0.3) is 0 Å². The van der Waals surface area contributed by atoms with Crippen LogP contribution in [0.1, 0.15) is 57.6 Å². The number of nitrogens with zero attached hydrogens (tertiary/aromatic N) is 1. The lowest BCUT2D eigenvalue weighted by Crippen LogP contribution is -2.41. The predicted molar refractivity (Wildman–Crippen MR) is 103 cm³/mol. The minimum absolute atomic E-state index is 0.183. The molecule has 0 unspecified atom stereocenters. The fourth-order valence-electron chi connectivity index (χ4n) is 3.76. The lowest BCUT2D eigenvalue weighted by molar-refractivity contribution is 0.0205. The molecule has 3 nitrogen and oxygen atoms in total. The van der Waals surface area contributed by atoms with Crippen LogP contribution in [0.15, 0.2) is 36.4 Å². The molecule has 0 bridgehead atoms. The number of rotatable bonds is 2. The monoisotopic (exact) mass is 339 g/mol. The maximum absolute atomic E-state index is 12.3. The van der Waals surface area contributed by atoms with Crippen LogP contribution in [0.2, 0.25) is 0 Å². The van der Waals surface area contributed by atoms with Crippen LogP contribution in [0.3, 0.4) is 0 Å². The summed E-state index contributed by atoms with van der Waals surface area (Å²) in [6, 6.07) is 13.3. The van der Waals surface area contributed by atoms with Crippen LogP contribution >= 0.6 is 0 Å². The van der Waals surface area contributed by atoms with Gasteiger partial charge in [-0.25, -0.2) is 4.79 Å². The summed E-state index contributed by atoms with van der Waals surface area (Å²) in [5.41, 5.74) is 2.40. The minimum atomic E-state index is -0.430. The van der Waals surface area contributed by atoms with E-state index >= 15 is 0 Å². The number of benzene rings is 2. The van der Waals surface area contributed by atoms with Crippen LogP contribution in [0.25, 0.3) is 10.8 Å². The standard InChI is InChI=1S/C22H29NO2/c1-5-16-8-6-11-20-18(16)9-7-10-19(20)17-12-14-23(15-13-17)21(24)25-22(2,3)4/h6-11,17H,5,12-15H2,1-4H3. The Hall–Kier alpha value is -2.03. The molecular formula is C22H29NO2. The second kappa shape index (κ2) is 7.07. The number of amides is 1. The van der Waals surface area contributed by atoms with E-state index in [4.69, 9.17) is 4.74 Å². The van der Waals surface area contributed by atoms with E-state index in [9.17, 15) is 4.79 Å². The lowest BCUT2D eigenvalue weighted by atomic mass is 9.85. The van der Waals surface area contributed by atoms with E-state index in [0.717, 1.165) is 32.4 Å². The van der Waals surface area contributed by atoms with Gasteiger partial charge in [0.2, 0.25) is 0 Å². The smallest absolute Gasteiger partial charge is 0.410 e. The van der Waals surface area contributed by atoms with Gasteiger partial charge in [-0.2, -0.15) is 0 Å². The van der Waals surface area contributed by atoms with E-state index in [1.165, 1.54) is 21.9 Å². The van der Waals surface area contributed by atoms with Gasteiger partial charge in [-0.1, -0.05) is 43.3 Å². The van der Waals surface area contributed by atoms with Crippen molar-refractivity contribution in [3.8, 4) is 0 Å². The van der Waals surface area contributed by atoms with Gasteiger partial charge in [0.05, 0.1) is 0 Å². The number of carbonyl (C=O) groups is 1. The highest BCUT2D eigenvalue weighted by atomic mass is 16.6. The second-order valence-corrected chi connectivity index (χ2v) is 7.95. The fraction of sp³-hybridized carbons (Fsp3) is 0.500. The summed E-state index contributed by atoms with van der Waals surface area (Å²) in [5.74, 6) is 0.509. The van der Waals surface area contributed by atoms with Crippen LogP contribution < -0.4 is 0 Å². The highest BCUT2D eigenvalue weighted by molar-refractivity contribution is 5.89. The van der Waals surface area contributed by atoms with Gasteiger partial charge >= 0.3 is 6.09 Å². The first-order valence-corrected chi connectivity index (χ1v) is 9.37. The summed E-state index contributed by atoms with van der Waals surface area (Å²) in [4.78, 5) is 14.1. The largest absolute Gasteiger partial charge is 0.444 e. The highest BCUT2D eigenvalue weighted by Gasteiger charge is 2.28. The quantitative estimate of drug-likeness (QED) is 0.721. The molecule has 0 spiro atoms. The molecule has 0 N–H and O–H groups in total. The SMILES string of the molecule is CCc1cccc2c(C3CCN(C(=O)OC(C)(C)C)CC3)cccc12. The summed E-state index contributed by atoms with van der Waals surface area (Å²) in [7, 11) is 0. The van der Waals surface area contributed by atoms with E-state index in [1.807, 2.05) is 25.7 Å². The average molecular weight is 339 g/mol. The molecule has 134 valence electrons. The zero-order chi connectivity index (χ0) is 18.0. The molecule has 1 fully saturated rings. The Kier molecular flexibility index (Phi) is 5.03. The van der Waals surface area contributed by atoms with E-state index in [1.54, 1.807) is 0 Å². The Balaban J connectivity index is 1.76. The molecule has 1 amide bonds. The summed E-state index contributed by atoms with van der Waals surface area (Å²) < 4.78 is 5.51. The molecule has 0 atom stereocenters. The number of piperidine rings is 1. The van der Waals surface area contributed by atoms with Crippen molar-refractivity contribution in [2.45, 2.75) is 58.5 Å². The third-order valence-corrected chi connectivity index (χ3v) is 5.01. The number of hydrogen-bond donors (Lipinski definition) is 0. The van der Waals surface area contributed by atoms with Gasteiger partial charge in [-0.05, 0) is 67.9 Å². The number of fused-ring (bicyclic) bond motifs is 1. The van der Waals surface area contributed by atoms with Crippen molar-refractivity contribution in [1.29, 1.82) is 0 Å². The van der Waals surface area contributed by atoms with Crippen molar-refractivity contribution in [3.05, 3.63) is 47.5 Å². The van der Waals surface area contributed by atoms with Crippen molar-refractivity contribution < 1.29 is 9.53 Å². The first-order valence-electron chi connectivity index (χ1n) is 9.37. The molecule has 1 heterocycles. The molecule has 0 saturated carbocycles. The molecule has 1 aliphatic rings. The maximum atomic E-state index is 12.3. The Labute approximate surface area is 151 Å². The summed E-state index contributed by atoms with van der Waals surface area (Å²) in [6.07, 6.45) is 2.86. The van der Waals surface area contributed by atoms with Gasteiger partial charge in [0.1, 0.15) is 5.60 Å². The van der Waals surface area contributed by atoms with Crippen LogP contribution in [0, 0.1) is 0 Å². The Morgan fingerprint density at radius 3 is 2.36 bits per heavy atom. The maximum Gasteiger partial charge on any atom is 0.410 e. The Morgan fingerprint density at radius 2 is 1.72 bits per heavy atom. The molecule has 0 aliphatic carbocycles. The van der Waals surface area contributed by atoms with Gasteiger partial charge in [-0.3, -0.25) is 0 Å².